The van der Waals surface area contributed by atoms with Crippen LogP contribution in [0.15, 0.2) is 22.9 Å². The third kappa shape index (κ3) is 2.37. The maximum Gasteiger partial charge on any atom is 0.344 e. The number of carbonyl (C=O) groups is 1. The number of fused-ring (bicyclic) bond motifs is 2. The highest BCUT2D eigenvalue weighted by atomic mass is 16.5. The summed E-state index contributed by atoms with van der Waals surface area (Å²) < 4.78 is 5.36. The molecule has 2 saturated heterocycles. The number of nitrogens with zero attached hydrogens (tertiary/aromatic N) is 4. The van der Waals surface area contributed by atoms with Crippen molar-refractivity contribution in [3.63, 3.8) is 0 Å². The predicted molar refractivity (Wildman–Crippen MR) is 74.3 cm³/mol. The molecule has 2 amide bonds. The van der Waals surface area contributed by atoms with Crippen molar-refractivity contribution in [2.75, 3.05) is 13.6 Å². The maximum absolute atomic E-state index is 12.0. The summed E-state index contributed by atoms with van der Waals surface area (Å²) in [4.78, 5) is 15.6. The van der Waals surface area contributed by atoms with Crippen LogP contribution < -0.4 is 0 Å². The van der Waals surface area contributed by atoms with Gasteiger partial charge in [0.2, 0.25) is 0 Å². The molecule has 2 aliphatic rings. The Morgan fingerprint density at radius 2 is 2.38 bits per heavy atom. The minimum atomic E-state index is -0.342. The predicted octanol–water partition coefficient (Wildman–Crippen LogP) is 1.97. The zero-order valence-electron chi connectivity index (χ0n) is 12.3. The van der Waals surface area contributed by atoms with E-state index in [2.05, 4.69) is 11.7 Å². The summed E-state index contributed by atoms with van der Waals surface area (Å²) in [6.45, 7) is 6.95. The molecular weight excluding hydrogens is 272 g/mol. The van der Waals surface area contributed by atoms with E-state index < -0.39 is 0 Å². The highest BCUT2D eigenvalue weighted by molar-refractivity contribution is 5.76. The van der Waals surface area contributed by atoms with Crippen molar-refractivity contribution in [3.8, 4) is 0 Å². The number of aromatic nitrogens is 1. The number of urea groups is 1. The van der Waals surface area contributed by atoms with E-state index in [1.54, 1.807) is 4.90 Å². The number of piperidine rings is 1. The van der Waals surface area contributed by atoms with Crippen molar-refractivity contribution in [1.82, 2.24) is 20.0 Å². The molecule has 1 N–H and O–H groups in total. The number of allylic oxidation sites excluding steroid dienone is 1. The Morgan fingerprint density at radius 3 is 3.10 bits per heavy atom. The normalized spacial score (nSPS) is 24.6. The second-order valence-corrected chi connectivity index (χ2v) is 5.84. The molecule has 2 atom stereocenters. The average molecular weight is 292 g/mol. The molecule has 21 heavy (non-hydrogen) atoms. The minimum Gasteiger partial charge on any atom is -0.371 e. The molecule has 1 aromatic heterocycles. The number of hydrogen-bond donors (Lipinski definition) is 1. The van der Waals surface area contributed by atoms with Gasteiger partial charge in [0.1, 0.15) is 5.69 Å². The van der Waals surface area contributed by atoms with E-state index >= 15 is 0 Å². The fourth-order valence-electron chi connectivity index (χ4n) is 2.89. The van der Waals surface area contributed by atoms with E-state index in [9.17, 15) is 10.0 Å². The molecule has 7 nitrogen and oxygen atoms in total. The Kier molecular flexibility index (Phi) is 3.36. The van der Waals surface area contributed by atoms with Crippen LogP contribution in [0, 0.1) is 0 Å². The lowest BCUT2D eigenvalue weighted by molar-refractivity contribution is -0.0584. The van der Waals surface area contributed by atoms with Gasteiger partial charge in [-0.25, -0.2) is 9.86 Å². The third-order valence-electron chi connectivity index (χ3n) is 4.31. The zero-order valence-corrected chi connectivity index (χ0v) is 12.3. The average Bonchev–Trinajstić information content (AvgIpc) is 3.00. The largest absolute Gasteiger partial charge is 0.371 e. The Bertz CT molecular complexity index is 570. The Balaban J connectivity index is 1.75. The number of carbonyl (C=O) groups excluding carboxylic acids is 1. The molecule has 2 fully saturated rings. The van der Waals surface area contributed by atoms with E-state index in [0.717, 1.165) is 35.1 Å². The third-order valence-corrected chi connectivity index (χ3v) is 4.31. The van der Waals surface area contributed by atoms with Crippen LogP contribution in [-0.2, 0) is 6.54 Å². The summed E-state index contributed by atoms with van der Waals surface area (Å²) in [6, 6.07) is 1.34. The lowest BCUT2D eigenvalue weighted by Gasteiger charge is -2.28. The monoisotopic (exact) mass is 292 g/mol. The minimum absolute atomic E-state index is 0.0883. The molecule has 114 valence electrons. The van der Waals surface area contributed by atoms with Gasteiger partial charge in [-0.3, -0.25) is 5.21 Å². The first kappa shape index (κ1) is 13.9. The van der Waals surface area contributed by atoms with Crippen molar-refractivity contribution in [2.45, 2.75) is 38.4 Å². The molecule has 0 spiro atoms. The van der Waals surface area contributed by atoms with Gasteiger partial charge >= 0.3 is 6.03 Å². The van der Waals surface area contributed by atoms with Gasteiger partial charge in [0.25, 0.3) is 0 Å². The fourth-order valence-corrected chi connectivity index (χ4v) is 2.89. The van der Waals surface area contributed by atoms with Gasteiger partial charge in [0.15, 0.2) is 5.76 Å². The van der Waals surface area contributed by atoms with Crippen LogP contribution in [0.25, 0.3) is 0 Å². The molecule has 7 heteroatoms. The summed E-state index contributed by atoms with van der Waals surface area (Å²) >= 11 is 0. The van der Waals surface area contributed by atoms with E-state index in [4.69, 9.17) is 4.52 Å². The topological polar surface area (TPSA) is 73.0 Å². The number of amides is 2. The first-order valence-corrected chi connectivity index (χ1v) is 7.08. The molecule has 0 aliphatic carbocycles. The van der Waals surface area contributed by atoms with Crippen molar-refractivity contribution in [3.05, 3.63) is 29.8 Å². The molecule has 2 bridgehead atoms. The highest BCUT2D eigenvalue weighted by Gasteiger charge is 2.45. The van der Waals surface area contributed by atoms with Gasteiger partial charge in [-0.15, -0.1) is 0 Å². The van der Waals surface area contributed by atoms with Gasteiger partial charge in [0.05, 0.1) is 18.6 Å². The quantitative estimate of drug-likeness (QED) is 0.859. The summed E-state index contributed by atoms with van der Waals surface area (Å²) in [5, 5.41) is 14.6. The standard InChI is InChI=1S/C14H20N4O3/c1-9(2)16(3)8-11-6-12(15-21-11)13-5-4-10-7-17(13)14(19)18(10)20/h6,10,13,20H,1,4-5,7-8H2,2-3H3/t10-,13+/m1/s1. The van der Waals surface area contributed by atoms with E-state index in [-0.39, 0.29) is 18.1 Å². The summed E-state index contributed by atoms with van der Waals surface area (Å²) in [7, 11) is 1.93. The number of hydroxylamine groups is 2. The van der Waals surface area contributed by atoms with Gasteiger partial charge in [0, 0.05) is 25.4 Å². The van der Waals surface area contributed by atoms with Crippen LogP contribution in [0.2, 0.25) is 0 Å². The highest BCUT2D eigenvalue weighted by Crippen LogP contribution is 2.37. The maximum atomic E-state index is 12.0. The second kappa shape index (κ2) is 5.07. The van der Waals surface area contributed by atoms with Crippen LogP contribution in [0.3, 0.4) is 0 Å². The zero-order chi connectivity index (χ0) is 15.1. The summed E-state index contributed by atoms with van der Waals surface area (Å²) in [6.07, 6.45) is 1.56. The first-order chi connectivity index (χ1) is 9.97. The van der Waals surface area contributed by atoms with Crippen molar-refractivity contribution < 1.29 is 14.5 Å². The smallest absolute Gasteiger partial charge is 0.344 e. The van der Waals surface area contributed by atoms with E-state index in [1.165, 1.54) is 0 Å². The number of rotatable bonds is 4. The molecule has 0 aromatic carbocycles. The van der Waals surface area contributed by atoms with Gasteiger partial charge in [-0.05, 0) is 19.8 Å². The van der Waals surface area contributed by atoms with E-state index in [1.807, 2.05) is 24.9 Å². The van der Waals surface area contributed by atoms with Crippen LogP contribution in [0.5, 0.6) is 0 Å². The SMILES string of the molecule is C=C(C)N(C)Cc1cc([C@@H]2CC[C@@H]3CN2C(=O)N3O)no1. The molecule has 0 radical (unpaired) electrons. The molecule has 3 rings (SSSR count). The van der Waals surface area contributed by atoms with Crippen LogP contribution >= 0.6 is 0 Å². The second-order valence-electron chi connectivity index (χ2n) is 5.84. The van der Waals surface area contributed by atoms with Crippen molar-refractivity contribution in [2.24, 2.45) is 0 Å². The van der Waals surface area contributed by atoms with Gasteiger partial charge < -0.3 is 14.3 Å². The van der Waals surface area contributed by atoms with Crippen molar-refractivity contribution in [1.29, 1.82) is 0 Å². The molecule has 2 aliphatic heterocycles. The summed E-state index contributed by atoms with van der Waals surface area (Å²) in [5.41, 5.74) is 1.70. The number of hydrogen-bond acceptors (Lipinski definition) is 5. The molecule has 0 saturated carbocycles. The van der Waals surface area contributed by atoms with Gasteiger partial charge in [-0.1, -0.05) is 11.7 Å². The Labute approximate surface area is 123 Å². The van der Waals surface area contributed by atoms with E-state index in [0.29, 0.717) is 13.1 Å². The van der Waals surface area contributed by atoms with Crippen LogP contribution in [0.4, 0.5) is 4.79 Å². The van der Waals surface area contributed by atoms with Crippen LogP contribution in [-0.4, -0.2) is 50.9 Å². The first-order valence-electron chi connectivity index (χ1n) is 7.08. The Hall–Kier alpha value is -2.02. The Morgan fingerprint density at radius 1 is 1.62 bits per heavy atom. The van der Waals surface area contributed by atoms with Gasteiger partial charge in [-0.2, -0.15) is 0 Å². The summed E-state index contributed by atoms with van der Waals surface area (Å²) in [5.74, 6) is 0.741. The molecule has 3 heterocycles. The fraction of sp³-hybridized carbons (Fsp3) is 0.571. The van der Waals surface area contributed by atoms with Crippen molar-refractivity contribution >= 4 is 6.03 Å². The lowest BCUT2D eigenvalue weighted by Crippen LogP contribution is -2.34. The molecule has 0 unspecified atom stereocenters. The molecule has 1 aromatic rings. The van der Waals surface area contributed by atoms with Crippen LogP contribution in [0.1, 0.15) is 37.3 Å². The lowest BCUT2D eigenvalue weighted by atomic mass is 9.98. The molecular formula is C14H20N4O3.